The Balaban J connectivity index is 1.87. The van der Waals surface area contributed by atoms with Crippen LogP contribution in [0, 0.1) is 5.82 Å². The first-order valence-corrected chi connectivity index (χ1v) is 7.55. The number of hydrogen-bond acceptors (Lipinski definition) is 4. The average molecular weight is 313 g/mol. The van der Waals surface area contributed by atoms with Crippen LogP contribution in [0.3, 0.4) is 0 Å². The number of carboxylic acid groups (broad SMARTS) is 1. The molecular weight excluding hydrogens is 297 g/mol. The minimum Gasteiger partial charge on any atom is -0.480 e. The van der Waals surface area contributed by atoms with Crippen LogP contribution in [0.5, 0.6) is 0 Å². The summed E-state index contributed by atoms with van der Waals surface area (Å²) in [4.78, 5) is 24.7. The average Bonchev–Trinajstić information content (AvgIpc) is 2.83. The molecule has 7 heteroatoms. The molecule has 0 aliphatic carbocycles. The summed E-state index contributed by atoms with van der Waals surface area (Å²) < 4.78 is 13.4. The highest BCUT2D eigenvalue weighted by molar-refractivity contribution is 7.99. The fraction of sp³-hybridized carbons (Fsp3) is 0.429. The monoisotopic (exact) mass is 313 g/mol. The molecule has 1 heterocycles. The standard InChI is InChI=1S/C14H16FNO4S/c15-10-3-1-2-4-12(10)21-6-5-13(18)16-8-9(17)7-11(16)14(19)20/h1-4,9,11,17H,5-8H2,(H,19,20)/t9?,11-/m0/s1. The topological polar surface area (TPSA) is 77.8 Å². The Bertz CT molecular complexity index is 539. The van der Waals surface area contributed by atoms with Gasteiger partial charge < -0.3 is 15.1 Å². The molecule has 1 amide bonds. The van der Waals surface area contributed by atoms with Gasteiger partial charge in [0.25, 0.3) is 0 Å². The molecule has 1 aromatic carbocycles. The van der Waals surface area contributed by atoms with E-state index in [4.69, 9.17) is 5.11 Å². The number of likely N-dealkylation sites (tertiary alicyclic amines) is 1. The third-order valence-electron chi connectivity index (χ3n) is 3.29. The molecule has 5 nitrogen and oxygen atoms in total. The second-order valence-electron chi connectivity index (χ2n) is 4.82. The number of halogens is 1. The molecule has 2 rings (SSSR count). The van der Waals surface area contributed by atoms with Crippen molar-refractivity contribution in [1.82, 2.24) is 4.90 Å². The number of β-amino-alcohol motifs (C(OH)–C–C–N with tert-alkyl or cyclic N) is 1. The van der Waals surface area contributed by atoms with E-state index < -0.39 is 18.1 Å². The lowest BCUT2D eigenvalue weighted by atomic mass is 10.2. The van der Waals surface area contributed by atoms with Gasteiger partial charge >= 0.3 is 5.97 Å². The number of aliphatic carboxylic acids is 1. The number of hydrogen-bond donors (Lipinski definition) is 2. The van der Waals surface area contributed by atoms with E-state index in [1.165, 1.54) is 22.7 Å². The quantitative estimate of drug-likeness (QED) is 0.803. The number of carbonyl (C=O) groups excluding carboxylic acids is 1. The second kappa shape index (κ2) is 6.91. The molecule has 0 radical (unpaired) electrons. The fourth-order valence-corrected chi connectivity index (χ4v) is 3.15. The maximum absolute atomic E-state index is 13.4. The van der Waals surface area contributed by atoms with Crippen LogP contribution in [0.4, 0.5) is 4.39 Å². The van der Waals surface area contributed by atoms with Crippen LogP contribution in [0.25, 0.3) is 0 Å². The largest absolute Gasteiger partial charge is 0.480 e. The molecule has 1 unspecified atom stereocenters. The third-order valence-corrected chi connectivity index (χ3v) is 4.34. The smallest absolute Gasteiger partial charge is 0.326 e. The summed E-state index contributed by atoms with van der Waals surface area (Å²) in [5.41, 5.74) is 0. The van der Waals surface area contributed by atoms with Gasteiger partial charge in [-0.1, -0.05) is 12.1 Å². The zero-order valence-corrected chi connectivity index (χ0v) is 12.1. The third kappa shape index (κ3) is 3.95. The number of carbonyl (C=O) groups is 2. The van der Waals surface area contributed by atoms with Gasteiger partial charge in [-0.05, 0) is 12.1 Å². The molecule has 1 fully saturated rings. The molecule has 1 aliphatic heterocycles. The Morgan fingerprint density at radius 3 is 2.76 bits per heavy atom. The van der Waals surface area contributed by atoms with Crippen molar-refractivity contribution in [2.45, 2.75) is 29.9 Å². The minimum absolute atomic E-state index is 0.0418. The first kappa shape index (κ1) is 15.8. The molecule has 0 bridgehead atoms. The van der Waals surface area contributed by atoms with Crippen molar-refractivity contribution in [3.05, 3.63) is 30.1 Å². The van der Waals surface area contributed by atoms with Crippen LogP contribution in [0.1, 0.15) is 12.8 Å². The lowest BCUT2D eigenvalue weighted by molar-refractivity contribution is -0.148. The Labute approximate surface area is 125 Å². The van der Waals surface area contributed by atoms with Gasteiger partial charge in [0.2, 0.25) is 5.91 Å². The van der Waals surface area contributed by atoms with Crippen LogP contribution >= 0.6 is 11.8 Å². The molecule has 1 saturated heterocycles. The van der Waals surface area contributed by atoms with Crippen molar-refractivity contribution in [1.29, 1.82) is 0 Å². The Hall–Kier alpha value is -1.60. The normalized spacial score (nSPS) is 21.5. The summed E-state index contributed by atoms with van der Waals surface area (Å²) in [5, 5.41) is 18.5. The van der Waals surface area contributed by atoms with E-state index in [-0.39, 0.29) is 31.1 Å². The van der Waals surface area contributed by atoms with Gasteiger partial charge in [0.15, 0.2) is 0 Å². The molecule has 21 heavy (non-hydrogen) atoms. The van der Waals surface area contributed by atoms with Crippen LogP contribution < -0.4 is 0 Å². The number of amides is 1. The van der Waals surface area contributed by atoms with Crippen molar-refractivity contribution in [3.8, 4) is 0 Å². The van der Waals surface area contributed by atoms with Crippen molar-refractivity contribution in [3.63, 3.8) is 0 Å². The summed E-state index contributed by atoms with van der Waals surface area (Å²) >= 11 is 1.21. The fourth-order valence-electron chi connectivity index (χ4n) is 2.28. The summed E-state index contributed by atoms with van der Waals surface area (Å²) in [6.45, 7) is 0.0418. The molecule has 1 aromatic rings. The molecule has 0 aromatic heterocycles. The van der Waals surface area contributed by atoms with E-state index in [0.717, 1.165) is 0 Å². The van der Waals surface area contributed by atoms with Gasteiger partial charge in [0.1, 0.15) is 11.9 Å². The number of rotatable bonds is 5. The maximum atomic E-state index is 13.4. The lowest BCUT2D eigenvalue weighted by Gasteiger charge is -2.21. The first-order valence-electron chi connectivity index (χ1n) is 6.56. The second-order valence-corrected chi connectivity index (χ2v) is 5.96. The number of benzene rings is 1. The molecule has 0 saturated carbocycles. The SMILES string of the molecule is O=C(O)[C@@H]1CC(O)CN1C(=O)CCSc1ccccc1F. The first-order chi connectivity index (χ1) is 9.99. The zero-order chi connectivity index (χ0) is 15.4. The predicted molar refractivity (Wildman–Crippen MR) is 75.5 cm³/mol. The Morgan fingerprint density at radius 2 is 2.10 bits per heavy atom. The van der Waals surface area contributed by atoms with E-state index in [2.05, 4.69) is 0 Å². The molecule has 0 spiro atoms. The number of aliphatic hydroxyl groups is 1. The number of aliphatic hydroxyl groups excluding tert-OH is 1. The van der Waals surface area contributed by atoms with Crippen molar-refractivity contribution < 1.29 is 24.2 Å². The highest BCUT2D eigenvalue weighted by Crippen LogP contribution is 2.24. The lowest BCUT2D eigenvalue weighted by Crippen LogP contribution is -2.40. The van der Waals surface area contributed by atoms with Gasteiger partial charge in [-0.2, -0.15) is 0 Å². The van der Waals surface area contributed by atoms with E-state index in [1.54, 1.807) is 18.2 Å². The van der Waals surface area contributed by atoms with Crippen LogP contribution in [-0.2, 0) is 9.59 Å². The van der Waals surface area contributed by atoms with E-state index in [9.17, 15) is 19.1 Å². The molecule has 2 atom stereocenters. The zero-order valence-electron chi connectivity index (χ0n) is 11.2. The van der Waals surface area contributed by atoms with E-state index in [0.29, 0.717) is 10.6 Å². The number of carboxylic acids is 1. The molecule has 2 N–H and O–H groups in total. The number of nitrogens with zero attached hydrogens (tertiary/aromatic N) is 1. The molecule has 1 aliphatic rings. The van der Waals surface area contributed by atoms with Crippen LogP contribution in [0.2, 0.25) is 0 Å². The molecule has 114 valence electrons. The van der Waals surface area contributed by atoms with Crippen LogP contribution in [-0.4, -0.2) is 51.4 Å². The highest BCUT2D eigenvalue weighted by atomic mass is 32.2. The van der Waals surface area contributed by atoms with Crippen LogP contribution in [0.15, 0.2) is 29.2 Å². The van der Waals surface area contributed by atoms with Crippen molar-refractivity contribution >= 4 is 23.6 Å². The number of thioether (sulfide) groups is 1. The van der Waals surface area contributed by atoms with Gasteiger partial charge in [-0.25, -0.2) is 9.18 Å². The maximum Gasteiger partial charge on any atom is 0.326 e. The van der Waals surface area contributed by atoms with Gasteiger partial charge in [-0.3, -0.25) is 4.79 Å². The van der Waals surface area contributed by atoms with Gasteiger partial charge in [0.05, 0.1) is 6.10 Å². The summed E-state index contributed by atoms with van der Waals surface area (Å²) in [6, 6.07) is 5.31. The highest BCUT2D eigenvalue weighted by Gasteiger charge is 2.38. The molecular formula is C14H16FNO4S. The van der Waals surface area contributed by atoms with Crippen molar-refractivity contribution in [2.24, 2.45) is 0 Å². The summed E-state index contributed by atoms with van der Waals surface area (Å²) in [6.07, 6.45) is -0.633. The van der Waals surface area contributed by atoms with Gasteiger partial charge in [-0.15, -0.1) is 11.8 Å². The summed E-state index contributed by atoms with van der Waals surface area (Å²) in [7, 11) is 0. The van der Waals surface area contributed by atoms with Crippen molar-refractivity contribution in [2.75, 3.05) is 12.3 Å². The van der Waals surface area contributed by atoms with E-state index in [1.807, 2.05) is 0 Å². The van der Waals surface area contributed by atoms with E-state index >= 15 is 0 Å². The summed E-state index contributed by atoms with van der Waals surface area (Å²) in [5.74, 6) is -1.42. The predicted octanol–water partition coefficient (Wildman–Crippen LogP) is 1.35. The van der Waals surface area contributed by atoms with Gasteiger partial charge in [0, 0.05) is 30.0 Å². The minimum atomic E-state index is -1.11. The Morgan fingerprint density at radius 1 is 1.38 bits per heavy atom. The Kier molecular flexibility index (Phi) is 5.19.